The molecule has 0 fully saturated rings. The standard InChI is InChI=1S/C35H36F6O2/c1-2-3-4-5-6-19-42-29-21-32(36)31(33(37)22-29)18-11-25-10-17-30-27(20-25)14-13-26(34(30)38)12-7-24-8-15-28(16-9-24)43-23-35(39,40)41/h8-10,13-17,20-22H,2-7,11-12,18-19,23H2,1H3. The van der Waals surface area contributed by atoms with Crippen LogP contribution in [0.3, 0.4) is 0 Å². The predicted molar refractivity (Wildman–Crippen MR) is 157 cm³/mol. The number of benzene rings is 4. The van der Waals surface area contributed by atoms with E-state index >= 15 is 4.39 Å². The second-order valence-corrected chi connectivity index (χ2v) is 10.8. The lowest BCUT2D eigenvalue weighted by Crippen LogP contribution is -2.19. The molecule has 0 N–H and O–H groups in total. The Bertz CT molecular complexity index is 1460. The summed E-state index contributed by atoms with van der Waals surface area (Å²) < 4.78 is 92.0. The van der Waals surface area contributed by atoms with E-state index in [2.05, 4.69) is 6.92 Å². The fourth-order valence-electron chi connectivity index (χ4n) is 5.00. The van der Waals surface area contributed by atoms with Gasteiger partial charge in [-0.3, -0.25) is 0 Å². The number of alkyl halides is 3. The Morgan fingerprint density at radius 1 is 0.628 bits per heavy atom. The summed E-state index contributed by atoms with van der Waals surface area (Å²) >= 11 is 0. The van der Waals surface area contributed by atoms with Gasteiger partial charge in [-0.05, 0) is 66.3 Å². The van der Waals surface area contributed by atoms with Crippen molar-refractivity contribution in [2.24, 2.45) is 0 Å². The van der Waals surface area contributed by atoms with Crippen LogP contribution in [0, 0.1) is 17.5 Å². The molecule has 0 saturated carbocycles. The highest BCUT2D eigenvalue weighted by atomic mass is 19.4. The average molecular weight is 603 g/mol. The van der Waals surface area contributed by atoms with Gasteiger partial charge in [-0.15, -0.1) is 0 Å². The van der Waals surface area contributed by atoms with Crippen LogP contribution in [-0.2, 0) is 25.7 Å². The average Bonchev–Trinajstić information content (AvgIpc) is 2.97. The van der Waals surface area contributed by atoms with Crippen molar-refractivity contribution in [3.05, 3.63) is 106 Å². The van der Waals surface area contributed by atoms with Crippen molar-refractivity contribution < 1.29 is 35.8 Å². The first kappa shape index (κ1) is 32.2. The zero-order valence-electron chi connectivity index (χ0n) is 24.2. The molecule has 8 heteroatoms. The van der Waals surface area contributed by atoms with Crippen molar-refractivity contribution in [1.29, 1.82) is 0 Å². The van der Waals surface area contributed by atoms with Gasteiger partial charge in [0, 0.05) is 23.1 Å². The van der Waals surface area contributed by atoms with Crippen LogP contribution in [0.5, 0.6) is 11.5 Å². The molecular formula is C35H36F6O2. The molecule has 0 spiro atoms. The molecule has 0 amide bonds. The number of rotatable bonds is 15. The number of aryl methyl sites for hydroxylation is 3. The third-order valence-electron chi connectivity index (χ3n) is 7.40. The topological polar surface area (TPSA) is 18.5 Å². The summed E-state index contributed by atoms with van der Waals surface area (Å²) in [7, 11) is 0. The maximum atomic E-state index is 15.3. The maximum Gasteiger partial charge on any atom is 0.422 e. The Morgan fingerprint density at radius 3 is 2.00 bits per heavy atom. The van der Waals surface area contributed by atoms with Gasteiger partial charge in [-0.1, -0.05) is 75.1 Å². The first-order valence-electron chi connectivity index (χ1n) is 14.7. The first-order valence-corrected chi connectivity index (χ1v) is 14.7. The van der Waals surface area contributed by atoms with Gasteiger partial charge >= 0.3 is 6.18 Å². The highest BCUT2D eigenvalue weighted by Gasteiger charge is 2.28. The van der Waals surface area contributed by atoms with Crippen LogP contribution in [0.4, 0.5) is 26.3 Å². The zero-order valence-corrected chi connectivity index (χ0v) is 24.2. The molecule has 230 valence electrons. The van der Waals surface area contributed by atoms with Crippen LogP contribution < -0.4 is 9.47 Å². The molecule has 4 aromatic rings. The van der Waals surface area contributed by atoms with Crippen LogP contribution in [-0.4, -0.2) is 19.4 Å². The number of halogens is 6. The van der Waals surface area contributed by atoms with Gasteiger partial charge in [0.05, 0.1) is 6.61 Å². The molecule has 4 rings (SSSR count). The van der Waals surface area contributed by atoms with Gasteiger partial charge < -0.3 is 9.47 Å². The molecule has 0 aliphatic rings. The lowest BCUT2D eigenvalue weighted by Gasteiger charge is -2.11. The number of ether oxygens (including phenoxy) is 2. The van der Waals surface area contributed by atoms with E-state index < -0.39 is 24.4 Å². The van der Waals surface area contributed by atoms with Crippen molar-refractivity contribution in [2.75, 3.05) is 13.2 Å². The van der Waals surface area contributed by atoms with E-state index in [9.17, 15) is 22.0 Å². The fraction of sp³-hybridized carbons (Fsp3) is 0.371. The molecule has 4 aromatic carbocycles. The van der Waals surface area contributed by atoms with E-state index in [0.29, 0.717) is 42.2 Å². The Hall–Kier alpha value is -3.68. The van der Waals surface area contributed by atoms with Crippen molar-refractivity contribution in [1.82, 2.24) is 0 Å². The summed E-state index contributed by atoms with van der Waals surface area (Å²) in [6, 6.07) is 17.5. The molecule has 0 aromatic heterocycles. The molecule has 0 aliphatic carbocycles. The zero-order chi connectivity index (χ0) is 30.8. The van der Waals surface area contributed by atoms with E-state index in [-0.39, 0.29) is 29.3 Å². The van der Waals surface area contributed by atoms with Crippen LogP contribution in [0.1, 0.15) is 61.3 Å². The smallest absolute Gasteiger partial charge is 0.422 e. The molecular weight excluding hydrogens is 566 g/mol. The second kappa shape index (κ2) is 15.2. The van der Waals surface area contributed by atoms with E-state index in [1.54, 1.807) is 30.3 Å². The fourth-order valence-corrected chi connectivity index (χ4v) is 5.00. The van der Waals surface area contributed by atoms with Gasteiger partial charge in [0.2, 0.25) is 0 Å². The minimum absolute atomic E-state index is 0.00290. The molecule has 0 aliphatic heterocycles. The number of unbranched alkanes of at least 4 members (excludes halogenated alkanes) is 4. The van der Waals surface area contributed by atoms with Crippen molar-refractivity contribution in [3.8, 4) is 11.5 Å². The van der Waals surface area contributed by atoms with E-state index in [4.69, 9.17) is 9.47 Å². The molecule has 0 bridgehead atoms. The summed E-state index contributed by atoms with van der Waals surface area (Å²) in [4.78, 5) is 0. The molecule has 0 heterocycles. The summed E-state index contributed by atoms with van der Waals surface area (Å²) in [5.74, 6) is -1.30. The number of hydrogen-bond acceptors (Lipinski definition) is 2. The number of fused-ring (bicyclic) bond motifs is 1. The van der Waals surface area contributed by atoms with E-state index in [1.165, 1.54) is 30.7 Å². The molecule has 0 atom stereocenters. The van der Waals surface area contributed by atoms with Crippen LogP contribution in [0.15, 0.2) is 66.7 Å². The van der Waals surface area contributed by atoms with Gasteiger partial charge in [0.25, 0.3) is 0 Å². The summed E-state index contributed by atoms with van der Waals surface area (Å²) in [5.41, 5.74) is 2.19. The Balaban J connectivity index is 1.32. The molecule has 0 saturated heterocycles. The molecule has 0 unspecified atom stereocenters. The summed E-state index contributed by atoms with van der Waals surface area (Å²) in [6.07, 6.45) is 2.34. The maximum absolute atomic E-state index is 15.3. The predicted octanol–water partition coefficient (Wildman–Crippen LogP) is 10.1. The van der Waals surface area contributed by atoms with Gasteiger partial charge in [0.1, 0.15) is 29.0 Å². The Morgan fingerprint density at radius 2 is 1.30 bits per heavy atom. The van der Waals surface area contributed by atoms with Crippen LogP contribution >= 0.6 is 0 Å². The minimum atomic E-state index is -4.41. The first-order chi connectivity index (χ1) is 20.6. The third-order valence-corrected chi connectivity index (χ3v) is 7.40. The second-order valence-electron chi connectivity index (χ2n) is 10.8. The highest BCUT2D eigenvalue weighted by molar-refractivity contribution is 5.84. The van der Waals surface area contributed by atoms with Crippen molar-refractivity contribution in [3.63, 3.8) is 0 Å². The highest BCUT2D eigenvalue weighted by Crippen LogP contribution is 2.27. The lowest BCUT2D eigenvalue weighted by molar-refractivity contribution is -0.153. The van der Waals surface area contributed by atoms with E-state index in [1.807, 2.05) is 12.1 Å². The Kier molecular flexibility index (Phi) is 11.4. The van der Waals surface area contributed by atoms with Crippen molar-refractivity contribution >= 4 is 10.8 Å². The Labute approximate surface area is 248 Å². The molecule has 43 heavy (non-hydrogen) atoms. The number of hydrogen-bond donors (Lipinski definition) is 0. The van der Waals surface area contributed by atoms with Gasteiger partial charge in [-0.25, -0.2) is 13.2 Å². The minimum Gasteiger partial charge on any atom is -0.493 e. The van der Waals surface area contributed by atoms with E-state index in [0.717, 1.165) is 36.8 Å². The SMILES string of the molecule is CCCCCCCOc1cc(F)c(CCc2ccc3c(F)c(CCc4ccc(OCC(F)(F)F)cc4)ccc3c2)c(F)c1. The lowest BCUT2D eigenvalue weighted by atomic mass is 9.97. The summed E-state index contributed by atoms with van der Waals surface area (Å²) in [6.45, 7) is 1.21. The monoisotopic (exact) mass is 602 g/mol. The normalized spacial score (nSPS) is 11.7. The summed E-state index contributed by atoms with van der Waals surface area (Å²) in [5, 5.41) is 1.14. The quantitative estimate of drug-likeness (QED) is 0.0996. The largest absolute Gasteiger partial charge is 0.493 e. The van der Waals surface area contributed by atoms with Crippen molar-refractivity contribution in [2.45, 2.75) is 70.9 Å². The van der Waals surface area contributed by atoms with Crippen LogP contribution in [0.25, 0.3) is 10.8 Å². The van der Waals surface area contributed by atoms with Gasteiger partial charge in [0.15, 0.2) is 6.61 Å². The van der Waals surface area contributed by atoms with Gasteiger partial charge in [-0.2, -0.15) is 13.2 Å². The third kappa shape index (κ3) is 9.66. The molecule has 2 nitrogen and oxygen atoms in total. The molecule has 0 radical (unpaired) electrons. The van der Waals surface area contributed by atoms with Crippen LogP contribution in [0.2, 0.25) is 0 Å².